The van der Waals surface area contributed by atoms with Gasteiger partial charge >= 0.3 is 5.69 Å². The smallest absolute Gasteiger partial charge is 0.335 e. The van der Waals surface area contributed by atoms with Gasteiger partial charge in [-0.3, -0.25) is 9.78 Å². The van der Waals surface area contributed by atoms with Crippen molar-refractivity contribution in [3.63, 3.8) is 0 Å². The summed E-state index contributed by atoms with van der Waals surface area (Å²) in [5, 5.41) is 18.8. The van der Waals surface area contributed by atoms with E-state index in [0.29, 0.717) is 0 Å². The number of ether oxygens (including phenoxy) is 1. The molecule has 1 aromatic heterocycles. The van der Waals surface area contributed by atoms with Crippen molar-refractivity contribution in [1.82, 2.24) is 9.55 Å². The molecule has 0 aliphatic heterocycles. The summed E-state index contributed by atoms with van der Waals surface area (Å²) in [6.45, 7) is 0. The topological polar surface area (TPSA) is 108 Å². The minimum absolute atomic E-state index is 0.0752. The second-order valence-electron chi connectivity index (χ2n) is 3.60. The molecule has 7 heteroatoms. The molecule has 2 aromatic rings. The molecule has 0 spiro atoms. The normalized spacial score (nSPS) is 9.89. The van der Waals surface area contributed by atoms with E-state index in [1.54, 1.807) is 6.07 Å². The van der Waals surface area contributed by atoms with Crippen molar-refractivity contribution in [2.75, 3.05) is 7.11 Å². The lowest BCUT2D eigenvalue weighted by molar-refractivity contribution is 0.401. The molecule has 2 rings (SSSR count). The number of para-hydroxylation sites is 1. The number of nitrogens with zero attached hydrogens (tertiary/aromatic N) is 2. The SMILES string of the molecule is COc1cccc(C#N)c1-n1c(O)cc(=O)[nH]c1=O. The molecule has 0 unspecified atom stereocenters. The van der Waals surface area contributed by atoms with Crippen molar-refractivity contribution >= 4 is 0 Å². The van der Waals surface area contributed by atoms with E-state index in [1.807, 2.05) is 11.1 Å². The maximum atomic E-state index is 11.8. The van der Waals surface area contributed by atoms with Crippen molar-refractivity contribution in [2.24, 2.45) is 0 Å². The zero-order chi connectivity index (χ0) is 14.0. The number of aromatic hydroxyl groups is 1. The Balaban J connectivity index is 2.91. The number of benzene rings is 1. The fraction of sp³-hybridized carbons (Fsp3) is 0.0833. The minimum Gasteiger partial charge on any atom is -0.495 e. The molecule has 2 N–H and O–H groups in total. The molecule has 0 saturated carbocycles. The Morgan fingerprint density at radius 2 is 2.16 bits per heavy atom. The molecule has 0 amide bonds. The third kappa shape index (κ3) is 2.07. The van der Waals surface area contributed by atoms with Gasteiger partial charge in [-0.15, -0.1) is 0 Å². The fourth-order valence-electron chi connectivity index (χ4n) is 1.71. The molecule has 0 aliphatic rings. The Hall–Kier alpha value is -3.01. The van der Waals surface area contributed by atoms with Crippen LogP contribution in [0.2, 0.25) is 0 Å². The molecule has 1 aromatic carbocycles. The largest absolute Gasteiger partial charge is 0.495 e. The highest BCUT2D eigenvalue weighted by Gasteiger charge is 2.16. The van der Waals surface area contributed by atoms with Gasteiger partial charge in [0.05, 0.1) is 18.7 Å². The fourth-order valence-corrected chi connectivity index (χ4v) is 1.71. The summed E-state index contributed by atoms with van der Waals surface area (Å²) < 4.78 is 5.87. The van der Waals surface area contributed by atoms with Crippen molar-refractivity contribution in [3.8, 4) is 23.4 Å². The van der Waals surface area contributed by atoms with E-state index in [1.165, 1.54) is 19.2 Å². The molecule has 0 atom stereocenters. The zero-order valence-corrected chi connectivity index (χ0v) is 9.88. The van der Waals surface area contributed by atoms with E-state index >= 15 is 0 Å². The van der Waals surface area contributed by atoms with Crippen LogP contribution in [0.4, 0.5) is 0 Å². The maximum absolute atomic E-state index is 11.8. The molecule has 0 fully saturated rings. The van der Waals surface area contributed by atoms with E-state index in [0.717, 1.165) is 10.6 Å². The summed E-state index contributed by atoms with van der Waals surface area (Å²) in [6.07, 6.45) is 0. The van der Waals surface area contributed by atoms with Crippen LogP contribution >= 0.6 is 0 Å². The first-order valence-corrected chi connectivity index (χ1v) is 5.21. The highest BCUT2D eigenvalue weighted by atomic mass is 16.5. The van der Waals surface area contributed by atoms with Crippen molar-refractivity contribution in [1.29, 1.82) is 5.26 Å². The molecule has 0 aliphatic carbocycles. The average Bonchev–Trinajstić information content (AvgIpc) is 2.37. The van der Waals surface area contributed by atoms with Crippen LogP contribution < -0.4 is 16.0 Å². The molecule has 19 heavy (non-hydrogen) atoms. The summed E-state index contributed by atoms with van der Waals surface area (Å²) in [5.41, 5.74) is -1.38. The predicted octanol–water partition coefficient (Wildman–Crippen LogP) is 0.112. The quantitative estimate of drug-likeness (QED) is 0.795. The summed E-state index contributed by atoms with van der Waals surface area (Å²) in [6, 6.07) is 7.32. The molecule has 0 bridgehead atoms. The molecular weight excluding hydrogens is 250 g/mol. The third-order valence-electron chi connectivity index (χ3n) is 2.49. The number of aromatic amines is 1. The van der Waals surface area contributed by atoms with Crippen molar-refractivity contribution in [3.05, 3.63) is 50.7 Å². The second-order valence-corrected chi connectivity index (χ2v) is 3.60. The van der Waals surface area contributed by atoms with Gasteiger partial charge in [0.25, 0.3) is 5.56 Å². The first-order valence-electron chi connectivity index (χ1n) is 5.21. The Morgan fingerprint density at radius 1 is 1.42 bits per heavy atom. The van der Waals surface area contributed by atoms with Gasteiger partial charge in [-0.2, -0.15) is 5.26 Å². The highest BCUT2D eigenvalue weighted by molar-refractivity contribution is 5.59. The second kappa shape index (κ2) is 4.70. The molecular formula is C12H9N3O4. The molecule has 0 saturated heterocycles. The first kappa shape index (κ1) is 12.4. The number of nitriles is 1. The van der Waals surface area contributed by atoms with E-state index in [-0.39, 0.29) is 17.0 Å². The predicted molar refractivity (Wildman–Crippen MR) is 65.6 cm³/mol. The van der Waals surface area contributed by atoms with Gasteiger partial charge in [0.15, 0.2) is 0 Å². The number of nitrogens with one attached hydrogen (secondary N) is 1. The molecule has 1 heterocycles. The standard InChI is InChI=1S/C12H9N3O4/c1-19-8-4-2-3-7(6-13)11(8)15-10(17)5-9(16)14-12(15)18/h2-5,17H,1H3,(H,14,16,18). The minimum atomic E-state index is -0.856. The monoisotopic (exact) mass is 259 g/mol. The van der Waals surface area contributed by atoms with Gasteiger partial charge in [-0.05, 0) is 12.1 Å². The lowest BCUT2D eigenvalue weighted by Gasteiger charge is -2.12. The number of rotatable bonds is 2. The summed E-state index contributed by atoms with van der Waals surface area (Å²) in [5.74, 6) is -0.349. The van der Waals surface area contributed by atoms with Crippen molar-refractivity contribution < 1.29 is 9.84 Å². The van der Waals surface area contributed by atoms with Crippen LogP contribution in [-0.2, 0) is 0 Å². The van der Waals surface area contributed by atoms with Crippen LogP contribution in [0.15, 0.2) is 33.9 Å². The van der Waals surface area contributed by atoms with E-state index in [2.05, 4.69) is 0 Å². The first-order chi connectivity index (χ1) is 9.08. The van der Waals surface area contributed by atoms with Gasteiger partial charge in [0.1, 0.15) is 17.5 Å². The van der Waals surface area contributed by atoms with Crippen LogP contribution in [0.25, 0.3) is 5.69 Å². The van der Waals surface area contributed by atoms with Gasteiger partial charge in [0.2, 0.25) is 5.88 Å². The number of hydrogen-bond donors (Lipinski definition) is 2. The lowest BCUT2D eigenvalue weighted by atomic mass is 10.1. The number of H-pyrrole nitrogens is 1. The summed E-state index contributed by atoms with van der Waals surface area (Å²) in [4.78, 5) is 24.9. The van der Waals surface area contributed by atoms with E-state index < -0.39 is 17.1 Å². The van der Waals surface area contributed by atoms with Crippen molar-refractivity contribution in [2.45, 2.75) is 0 Å². The Bertz CT molecular complexity index is 783. The summed E-state index contributed by atoms with van der Waals surface area (Å²) in [7, 11) is 1.37. The number of aromatic nitrogens is 2. The van der Waals surface area contributed by atoms with E-state index in [9.17, 15) is 14.7 Å². The van der Waals surface area contributed by atoms with Gasteiger partial charge in [0, 0.05) is 0 Å². The van der Waals surface area contributed by atoms with Crippen LogP contribution in [-0.4, -0.2) is 21.8 Å². The lowest BCUT2D eigenvalue weighted by Crippen LogP contribution is -2.28. The number of methoxy groups -OCH3 is 1. The average molecular weight is 259 g/mol. The summed E-state index contributed by atoms with van der Waals surface area (Å²) >= 11 is 0. The zero-order valence-electron chi connectivity index (χ0n) is 9.88. The van der Waals surface area contributed by atoms with Crippen LogP contribution in [0, 0.1) is 11.3 Å². The molecule has 0 radical (unpaired) electrons. The third-order valence-corrected chi connectivity index (χ3v) is 2.49. The molecule has 7 nitrogen and oxygen atoms in total. The Labute approximate surface area is 106 Å². The maximum Gasteiger partial charge on any atom is 0.335 e. The van der Waals surface area contributed by atoms with Gasteiger partial charge < -0.3 is 9.84 Å². The number of hydrogen-bond acceptors (Lipinski definition) is 5. The Morgan fingerprint density at radius 3 is 2.74 bits per heavy atom. The molecule has 96 valence electrons. The highest BCUT2D eigenvalue weighted by Crippen LogP contribution is 2.27. The van der Waals surface area contributed by atoms with Gasteiger partial charge in [-0.25, -0.2) is 9.36 Å². The van der Waals surface area contributed by atoms with Crippen LogP contribution in [0.5, 0.6) is 11.6 Å². The van der Waals surface area contributed by atoms with Crippen LogP contribution in [0.3, 0.4) is 0 Å². The Kier molecular flexibility index (Phi) is 3.08. The van der Waals surface area contributed by atoms with Crippen LogP contribution in [0.1, 0.15) is 5.56 Å². The van der Waals surface area contributed by atoms with Gasteiger partial charge in [-0.1, -0.05) is 6.07 Å². The van der Waals surface area contributed by atoms with E-state index in [4.69, 9.17) is 10.00 Å².